The Balaban J connectivity index is 1.97. The number of hydrogen-bond donors (Lipinski definition) is 2. The number of allylic oxidation sites excluding steroid dienone is 1. The van der Waals surface area contributed by atoms with Gasteiger partial charge in [0.2, 0.25) is 5.88 Å². The summed E-state index contributed by atoms with van der Waals surface area (Å²) in [5, 5.41) is 13.6. The van der Waals surface area contributed by atoms with Gasteiger partial charge in [0.1, 0.15) is 0 Å². The number of nitrogens with zero attached hydrogens (tertiary/aromatic N) is 3. The number of aliphatic imine (C=N–C) groups is 1. The Labute approximate surface area is 114 Å². The van der Waals surface area contributed by atoms with Gasteiger partial charge in [-0.2, -0.15) is 4.98 Å². The third-order valence-corrected chi connectivity index (χ3v) is 3.62. The van der Waals surface area contributed by atoms with Crippen molar-refractivity contribution < 1.29 is 5.11 Å². The van der Waals surface area contributed by atoms with Crippen molar-refractivity contribution in [1.82, 2.24) is 9.97 Å². The second kappa shape index (κ2) is 4.81. The van der Waals surface area contributed by atoms with Gasteiger partial charge >= 0.3 is 0 Å². The molecule has 0 radical (unpaired) electrons. The summed E-state index contributed by atoms with van der Waals surface area (Å²) in [5.41, 5.74) is 1.91. The molecule has 1 aliphatic rings. The first-order valence-electron chi connectivity index (χ1n) is 5.92. The van der Waals surface area contributed by atoms with Gasteiger partial charge in [-0.1, -0.05) is 11.3 Å². The van der Waals surface area contributed by atoms with Crippen molar-refractivity contribution in [2.75, 3.05) is 11.9 Å². The maximum absolute atomic E-state index is 9.82. The molecule has 3 rings (SSSR count). The average molecular weight is 272 g/mol. The zero-order valence-electron chi connectivity index (χ0n) is 10.3. The molecule has 0 amide bonds. The van der Waals surface area contributed by atoms with Crippen LogP contribution in [0.2, 0.25) is 0 Å². The molecule has 0 unspecified atom stereocenters. The molecule has 0 bridgehead atoms. The van der Waals surface area contributed by atoms with Crippen LogP contribution in [0.5, 0.6) is 5.88 Å². The Kier molecular flexibility index (Phi) is 3.00. The normalized spacial score (nSPS) is 14.9. The maximum Gasteiger partial charge on any atom is 0.231 e. The molecule has 1 aliphatic heterocycles. The number of nitrogens with one attached hydrogen (secondary N) is 1. The molecule has 3 heterocycles. The first-order valence-corrected chi connectivity index (χ1v) is 6.74. The highest BCUT2D eigenvalue weighted by Crippen LogP contribution is 2.35. The van der Waals surface area contributed by atoms with E-state index in [4.69, 9.17) is 0 Å². The Bertz CT molecular complexity index is 675. The van der Waals surface area contributed by atoms with E-state index in [0.717, 1.165) is 17.7 Å². The Morgan fingerprint density at radius 1 is 1.47 bits per heavy atom. The number of pyridine rings is 1. The lowest BCUT2D eigenvalue weighted by molar-refractivity contribution is 0.457. The van der Waals surface area contributed by atoms with Gasteiger partial charge in [-0.25, -0.2) is 9.98 Å². The highest BCUT2D eigenvalue weighted by Gasteiger charge is 2.15. The summed E-state index contributed by atoms with van der Waals surface area (Å²) in [5.74, 6) is 0.754. The Hall–Kier alpha value is -2.21. The predicted molar refractivity (Wildman–Crippen MR) is 78.2 cm³/mol. The van der Waals surface area contributed by atoms with Crippen molar-refractivity contribution in [2.45, 2.75) is 6.92 Å². The molecule has 6 heteroatoms. The number of aromatic hydroxyl groups is 1. The zero-order valence-corrected chi connectivity index (χ0v) is 11.1. The standard InChI is InChI=1S/C13H12N4OS/c1-2-14-13-17-12(18)10(19-13)6-8-7-16-11-9(8)4-3-5-15-11/h3-7,18H,2H2,1H3,(H,14,17)/b8-6+. The van der Waals surface area contributed by atoms with Crippen LogP contribution in [0, 0.1) is 0 Å². The van der Waals surface area contributed by atoms with Crippen molar-refractivity contribution in [2.24, 2.45) is 4.99 Å². The molecule has 2 N–H and O–H groups in total. The van der Waals surface area contributed by atoms with Gasteiger partial charge in [0.25, 0.3) is 0 Å². The first kappa shape index (κ1) is 11.9. The fraction of sp³-hybridized carbons (Fsp3) is 0.154. The summed E-state index contributed by atoms with van der Waals surface area (Å²) in [6.45, 7) is 2.76. The highest BCUT2D eigenvalue weighted by atomic mass is 32.1. The van der Waals surface area contributed by atoms with E-state index in [1.807, 2.05) is 25.1 Å². The molecule has 0 saturated heterocycles. The van der Waals surface area contributed by atoms with E-state index in [9.17, 15) is 5.11 Å². The number of fused-ring (bicyclic) bond motifs is 1. The van der Waals surface area contributed by atoms with Crippen molar-refractivity contribution in [3.63, 3.8) is 0 Å². The minimum atomic E-state index is 0.0409. The van der Waals surface area contributed by atoms with Crippen molar-refractivity contribution in [1.29, 1.82) is 0 Å². The van der Waals surface area contributed by atoms with E-state index in [-0.39, 0.29) is 5.88 Å². The largest absolute Gasteiger partial charge is 0.492 e. The monoisotopic (exact) mass is 272 g/mol. The molecule has 2 aromatic rings. The van der Waals surface area contributed by atoms with Crippen LogP contribution in [0.4, 0.5) is 10.9 Å². The van der Waals surface area contributed by atoms with Gasteiger partial charge < -0.3 is 10.4 Å². The van der Waals surface area contributed by atoms with Crippen LogP contribution in [0.3, 0.4) is 0 Å². The molecule has 2 aromatic heterocycles. The van der Waals surface area contributed by atoms with Crippen molar-refractivity contribution in [3.8, 4) is 5.88 Å². The molecule has 0 aliphatic carbocycles. The third-order valence-electron chi connectivity index (χ3n) is 2.67. The van der Waals surface area contributed by atoms with Gasteiger partial charge in [0.15, 0.2) is 10.9 Å². The summed E-state index contributed by atoms with van der Waals surface area (Å²) in [6, 6.07) is 3.84. The van der Waals surface area contributed by atoms with Crippen molar-refractivity contribution >= 4 is 40.1 Å². The smallest absolute Gasteiger partial charge is 0.231 e. The molecule has 0 fully saturated rings. The minimum Gasteiger partial charge on any atom is -0.492 e. The third kappa shape index (κ3) is 2.22. The van der Waals surface area contributed by atoms with E-state index >= 15 is 0 Å². The van der Waals surface area contributed by atoms with Gasteiger partial charge in [-0.05, 0) is 25.1 Å². The second-order valence-electron chi connectivity index (χ2n) is 3.97. The molecular formula is C13H12N4OS. The van der Waals surface area contributed by atoms with Crippen LogP contribution in [0.15, 0.2) is 23.3 Å². The SMILES string of the molecule is CCNc1nc(O)c(/C=C2\C=Nc3ncccc32)s1. The van der Waals surface area contributed by atoms with E-state index < -0.39 is 0 Å². The molecule has 0 saturated carbocycles. The zero-order chi connectivity index (χ0) is 13.2. The average Bonchev–Trinajstić information content (AvgIpc) is 2.96. The lowest BCUT2D eigenvalue weighted by Crippen LogP contribution is -1.94. The van der Waals surface area contributed by atoms with Gasteiger partial charge in [-0.15, -0.1) is 0 Å². The maximum atomic E-state index is 9.82. The lowest BCUT2D eigenvalue weighted by Gasteiger charge is -1.96. The quantitative estimate of drug-likeness (QED) is 0.901. The van der Waals surface area contributed by atoms with E-state index in [1.54, 1.807) is 12.4 Å². The second-order valence-corrected chi connectivity index (χ2v) is 5.00. The van der Waals surface area contributed by atoms with Crippen molar-refractivity contribution in [3.05, 3.63) is 28.8 Å². The summed E-state index contributed by atoms with van der Waals surface area (Å²) in [7, 11) is 0. The molecule has 0 spiro atoms. The summed E-state index contributed by atoms with van der Waals surface area (Å²) in [6.07, 6.45) is 5.35. The molecular weight excluding hydrogens is 260 g/mol. The van der Waals surface area contributed by atoms with E-state index in [2.05, 4.69) is 20.3 Å². The van der Waals surface area contributed by atoms with Crippen LogP contribution in [-0.4, -0.2) is 27.8 Å². The van der Waals surface area contributed by atoms with Gasteiger partial charge in [0.05, 0.1) is 4.88 Å². The van der Waals surface area contributed by atoms with E-state index in [1.165, 1.54) is 11.3 Å². The van der Waals surface area contributed by atoms with E-state index in [0.29, 0.717) is 15.8 Å². The lowest BCUT2D eigenvalue weighted by atomic mass is 10.1. The number of rotatable bonds is 3. The molecule has 19 heavy (non-hydrogen) atoms. The molecule has 0 atom stereocenters. The van der Waals surface area contributed by atoms with Gasteiger partial charge in [-0.3, -0.25) is 0 Å². The molecule has 0 aromatic carbocycles. The first-order chi connectivity index (χ1) is 9.28. The fourth-order valence-corrected chi connectivity index (χ4v) is 2.71. The van der Waals surface area contributed by atoms with Crippen LogP contribution in [0.1, 0.15) is 17.4 Å². The highest BCUT2D eigenvalue weighted by molar-refractivity contribution is 7.16. The summed E-state index contributed by atoms with van der Waals surface area (Å²) >= 11 is 1.41. The minimum absolute atomic E-state index is 0.0409. The number of anilines is 1. The molecule has 5 nitrogen and oxygen atoms in total. The van der Waals surface area contributed by atoms with Crippen LogP contribution in [0.25, 0.3) is 11.6 Å². The molecule has 96 valence electrons. The number of thiazole rings is 1. The number of aromatic nitrogens is 2. The van der Waals surface area contributed by atoms with Gasteiger partial charge in [0, 0.05) is 30.1 Å². The fourth-order valence-electron chi connectivity index (χ4n) is 1.83. The van der Waals surface area contributed by atoms with Crippen LogP contribution in [-0.2, 0) is 0 Å². The summed E-state index contributed by atoms with van der Waals surface area (Å²) < 4.78 is 0. The predicted octanol–water partition coefficient (Wildman–Crippen LogP) is 2.93. The number of hydrogen-bond acceptors (Lipinski definition) is 6. The van der Waals surface area contributed by atoms with Crippen LogP contribution < -0.4 is 5.32 Å². The topological polar surface area (TPSA) is 70.4 Å². The summed E-state index contributed by atoms with van der Waals surface area (Å²) in [4.78, 5) is 13.2. The van der Waals surface area contributed by atoms with Crippen LogP contribution >= 0.6 is 11.3 Å². The Morgan fingerprint density at radius 2 is 2.37 bits per heavy atom. The Morgan fingerprint density at radius 3 is 3.21 bits per heavy atom.